The lowest BCUT2D eigenvalue weighted by molar-refractivity contribution is -0.124. The Morgan fingerprint density at radius 1 is 1.04 bits per heavy atom. The lowest BCUT2D eigenvalue weighted by Gasteiger charge is -2.30. The average molecular weight is 640 g/mol. The van der Waals surface area contributed by atoms with Gasteiger partial charge in [-0.05, 0) is 36.1 Å². The Morgan fingerprint density at radius 3 is 2.47 bits per heavy atom. The van der Waals surface area contributed by atoms with Crippen LogP contribution in [0.1, 0.15) is 29.0 Å². The number of nitrogens with zero attached hydrogens (tertiary/aromatic N) is 1. The summed E-state index contributed by atoms with van der Waals surface area (Å²) in [6.07, 6.45) is -3.46. The summed E-state index contributed by atoms with van der Waals surface area (Å²) in [4.78, 5) is 28.6. The summed E-state index contributed by atoms with van der Waals surface area (Å²) in [6, 6.07) is 10.1. The highest BCUT2D eigenvalue weighted by Gasteiger charge is 2.31. The van der Waals surface area contributed by atoms with Gasteiger partial charge in [0, 0.05) is 18.0 Å². The molecule has 0 bridgehead atoms. The molecule has 0 saturated carbocycles. The zero-order valence-electron chi connectivity index (χ0n) is 23.8. The zero-order chi connectivity index (χ0) is 32.6. The topological polar surface area (TPSA) is 128 Å². The van der Waals surface area contributed by atoms with E-state index in [9.17, 15) is 35.9 Å². The molecular weight excluding hydrogens is 608 g/mol. The summed E-state index contributed by atoms with van der Waals surface area (Å²) < 4.78 is 89.8. The highest BCUT2D eigenvalue weighted by atomic mass is 19.4. The number of carbonyl (C=O) groups is 2. The normalized spacial score (nSPS) is 18.1. The van der Waals surface area contributed by atoms with Gasteiger partial charge in [-0.2, -0.15) is 13.2 Å². The molecular formula is C30H31F6N5O4. The predicted molar refractivity (Wildman–Crippen MR) is 151 cm³/mol. The van der Waals surface area contributed by atoms with Gasteiger partial charge >= 0.3 is 12.3 Å². The second-order valence-corrected chi connectivity index (χ2v) is 10.4. The van der Waals surface area contributed by atoms with E-state index in [4.69, 9.17) is 15.2 Å². The van der Waals surface area contributed by atoms with Gasteiger partial charge in [0.25, 0.3) is 0 Å². The van der Waals surface area contributed by atoms with Crippen LogP contribution in [0.5, 0.6) is 0 Å². The molecule has 1 saturated heterocycles. The van der Waals surface area contributed by atoms with Crippen LogP contribution < -0.4 is 21.7 Å². The zero-order valence-corrected chi connectivity index (χ0v) is 23.8. The molecule has 1 unspecified atom stereocenters. The number of morpholine rings is 1. The number of halogens is 6. The molecule has 0 radical (unpaired) electrons. The molecule has 1 aliphatic heterocycles. The molecule has 1 aliphatic rings. The first-order valence-electron chi connectivity index (χ1n) is 13.9. The summed E-state index contributed by atoms with van der Waals surface area (Å²) in [5.41, 5.74) is 7.45. The third kappa shape index (κ3) is 9.64. The van der Waals surface area contributed by atoms with Crippen LogP contribution in [-0.4, -0.2) is 67.7 Å². The maximum absolute atomic E-state index is 14.9. The smallest absolute Gasteiger partial charge is 0.407 e. The molecule has 15 heteroatoms. The molecule has 2 heterocycles. The predicted octanol–water partition coefficient (Wildman–Crippen LogP) is 4.17. The lowest BCUT2D eigenvalue weighted by Crippen LogP contribution is -2.49. The van der Waals surface area contributed by atoms with Crippen molar-refractivity contribution in [1.29, 1.82) is 0 Å². The molecule has 4 rings (SSSR count). The van der Waals surface area contributed by atoms with Gasteiger partial charge in [-0.1, -0.05) is 36.4 Å². The maximum Gasteiger partial charge on any atom is 0.407 e. The first kappa shape index (κ1) is 33.7. The Morgan fingerprint density at radius 2 is 1.80 bits per heavy atom. The molecule has 1 aromatic heterocycles. The summed E-state index contributed by atoms with van der Waals surface area (Å²) in [5, 5.41) is 7.29. The van der Waals surface area contributed by atoms with Crippen molar-refractivity contribution in [3.05, 3.63) is 95.1 Å². The molecule has 0 spiro atoms. The monoisotopic (exact) mass is 639 g/mol. The number of nitrogens with one attached hydrogen (secondary N) is 3. The van der Waals surface area contributed by atoms with Crippen molar-refractivity contribution in [2.45, 2.75) is 43.1 Å². The Kier molecular flexibility index (Phi) is 11.4. The van der Waals surface area contributed by atoms with E-state index in [0.717, 1.165) is 18.3 Å². The van der Waals surface area contributed by atoms with Crippen molar-refractivity contribution in [3.63, 3.8) is 0 Å². The number of hydrogen-bond donors (Lipinski definition) is 4. The number of aromatic nitrogens is 1. The Bertz CT molecular complexity index is 1450. The van der Waals surface area contributed by atoms with Crippen molar-refractivity contribution in [3.8, 4) is 0 Å². The second-order valence-electron chi connectivity index (χ2n) is 10.4. The van der Waals surface area contributed by atoms with Gasteiger partial charge in [0.05, 0.1) is 42.9 Å². The number of ether oxygens (including phenoxy) is 2. The van der Waals surface area contributed by atoms with Gasteiger partial charge in [0.1, 0.15) is 19.0 Å². The van der Waals surface area contributed by atoms with Crippen LogP contribution in [-0.2, 0) is 20.7 Å². The molecule has 3 aromatic rings. The summed E-state index contributed by atoms with van der Waals surface area (Å²) >= 11 is 0. The van der Waals surface area contributed by atoms with Crippen molar-refractivity contribution in [1.82, 2.24) is 15.6 Å². The van der Waals surface area contributed by atoms with E-state index in [1.54, 1.807) is 35.6 Å². The van der Waals surface area contributed by atoms with E-state index >= 15 is 0 Å². The quantitative estimate of drug-likeness (QED) is 0.232. The maximum atomic E-state index is 14.9. The fraction of sp³-hybridized carbons (Fsp3) is 0.367. The van der Waals surface area contributed by atoms with Crippen LogP contribution in [0.15, 0.2) is 60.9 Å². The molecule has 2 amide bonds. The van der Waals surface area contributed by atoms with E-state index in [0.29, 0.717) is 12.0 Å². The van der Waals surface area contributed by atoms with Gasteiger partial charge < -0.3 is 31.2 Å². The number of rotatable bonds is 11. The number of benzene rings is 2. The van der Waals surface area contributed by atoms with E-state index in [2.05, 4.69) is 15.6 Å². The number of pyridine rings is 1. The average Bonchev–Trinajstić information content (AvgIpc) is 3.01. The van der Waals surface area contributed by atoms with Gasteiger partial charge in [-0.15, -0.1) is 0 Å². The Labute approximate surface area is 254 Å². The lowest BCUT2D eigenvalue weighted by atomic mass is 9.85. The first-order chi connectivity index (χ1) is 21.4. The van der Waals surface area contributed by atoms with E-state index < -0.39 is 66.3 Å². The van der Waals surface area contributed by atoms with Gasteiger partial charge in [0.15, 0.2) is 11.6 Å². The van der Waals surface area contributed by atoms with Crippen LogP contribution >= 0.6 is 0 Å². The van der Waals surface area contributed by atoms with Crippen molar-refractivity contribution in [2.75, 3.05) is 31.6 Å². The van der Waals surface area contributed by atoms with Crippen molar-refractivity contribution >= 4 is 17.7 Å². The Balaban J connectivity index is 1.36. The molecule has 242 valence electrons. The van der Waals surface area contributed by atoms with E-state index in [-0.39, 0.29) is 43.0 Å². The summed E-state index contributed by atoms with van der Waals surface area (Å²) in [6.45, 7) is -1.37. The SMILES string of the molecule is NC(C(=O)Nc1cncc(F)c1CC[C@@H]1CN[C@H](COC(=O)NCC(F)(F)F)CO1)[C@H](c1ccccc1)c1ccc(F)c(F)c1. The number of hydrogen-bond acceptors (Lipinski definition) is 7. The fourth-order valence-corrected chi connectivity index (χ4v) is 4.83. The summed E-state index contributed by atoms with van der Waals surface area (Å²) in [5.74, 6) is -4.39. The van der Waals surface area contributed by atoms with Crippen LogP contribution in [0.4, 0.5) is 36.8 Å². The van der Waals surface area contributed by atoms with Gasteiger partial charge in [-0.3, -0.25) is 9.78 Å². The largest absolute Gasteiger partial charge is 0.448 e. The minimum absolute atomic E-state index is 0.0764. The van der Waals surface area contributed by atoms with E-state index in [1.807, 2.05) is 0 Å². The number of alkyl carbamates (subject to hydrolysis) is 1. The highest BCUT2D eigenvalue weighted by molar-refractivity contribution is 5.96. The molecule has 2 aromatic carbocycles. The number of carbonyl (C=O) groups excluding carboxylic acids is 2. The highest BCUT2D eigenvalue weighted by Crippen LogP contribution is 2.30. The van der Waals surface area contributed by atoms with Crippen molar-refractivity contribution < 1.29 is 45.4 Å². The molecule has 9 nitrogen and oxygen atoms in total. The minimum atomic E-state index is -4.56. The van der Waals surface area contributed by atoms with Crippen LogP contribution in [0.3, 0.4) is 0 Å². The second kappa shape index (κ2) is 15.2. The fourth-order valence-electron chi connectivity index (χ4n) is 4.83. The number of alkyl halides is 3. The number of amides is 2. The number of anilines is 1. The van der Waals surface area contributed by atoms with Crippen LogP contribution in [0.2, 0.25) is 0 Å². The molecule has 0 aliphatic carbocycles. The minimum Gasteiger partial charge on any atom is -0.448 e. The summed E-state index contributed by atoms with van der Waals surface area (Å²) in [7, 11) is 0. The van der Waals surface area contributed by atoms with Crippen LogP contribution in [0, 0.1) is 17.5 Å². The van der Waals surface area contributed by atoms with Crippen molar-refractivity contribution in [2.24, 2.45) is 5.73 Å². The van der Waals surface area contributed by atoms with E-state index in [1.165, 1.54) is 12.3 Å². The Hall–Kier alpha value is -4.21. The third-order valence-electron chi connectivity index (χ3n) is 7.12. The third-order valence-corrected chi connectivity index (χ3v) is 7.12. The first-order valence-corrected chi connectivity index (χ1v) is 13.9. The molecule has 4 atom stereocenters. The van der Waals surface area contributed by atoms with Crippen LogP contribution in [0.25, 0.3) is 0 Å². The molecule has 45 heavy (non-hydrogen) atoms. The number of nitrogens with two attached hydrogens (primary N) is 1. The molecule has 1 fully saturated rings. The molecule has 5 N–H and O–H groups in total. The van der Waals surface area contributed by atoms with Gasteiger partial charge in [-0.25, -0.2) is 18.0 Å². The standard InChI is InChI=1S/C30H31F6N5O4/c31-22-9-6-18(10-23(22)32)26(17-4-2-1-3-5-17)27(37)28(42)41-25-13-38-12-24(33)21(25)8-7-20-11-39-19(14-44-20)15-45-29(43)40-16-30(34,35)36/h1-6,9-10,12-13,19-20,26-27,39H,7-8,11,14-16,37H2,(H,40,43)(H,41,42)/t19-,20+,26+,27?/m0/s1. The van der Waals surface area contributed by atoms with Gasteiger partial charge in [0.2, 0.25) is 5.91 Å².